The summed E-state index contributed by atoms with van der Waals surface area (Å²) in [6.45, 7) is 2.20. The van der Waals surface area contributed by atoms with E-state index in [-0.39, 0.29) is 15.5 Å². The van der Waals surface area contributed by atoms with Crippen LogP contribution in [0.25, 0.3) is 0 Å². The fourth-order valence-corrected chi connectivity index (χ4v) is 4.61. The molecule has 0 aromatic heterocycles. The maximum absolute atomic E-state index is 12.7. The van der Waals surface area contributed by atoms with Crippen LogP contribution in [0, 0.1) is 0 Å². The van der Waals surface area contributed by atoms with Gasteiger partial charge in [0, 0.05) is 0 Å². The van der Waals surface area contributed by atoms with Gasteiger partial charge < -0.3 is 15.6 Å². The van der Waals surface area contributed by atoms with E-state index in [0.717, 1.165) is 19.3 Å². The van der Waals surface area contributed by atoms with E-state index in [4.69, 9.17) is 10.5 Å². The molecule has 0 aliphatic carbocycles. The number of amides is 1. The average molecular weight is 448 g/mol. The lowest BCUT2D eigenvalue weighted by Crippen LogP contribution is -2.33. The monoisotopic (exact) mass is 447 g/mol. The highest BCUT2D eigenvalue weighted by molar-refractivity contribution is 7.91. The van der Waals surface area contributed by atoms with Crippen molar-refractivity contribution in [2.24, 2.45) is 5.73 Å². The topological polar surface area (TPSA) is 107 Å². The lowest BCUT2D eigenvalue weighted by atomic mass is 10.1. The summed E-state index contributed by atoms with van der Waals surface area (Å²) >= 11 is 0. The van der Waals surface area contributed by atoms with Gasteiger partial charge in [0.05, 0.1) is 9.79 Å². The molecule has 31 heavy (non-hydrogen) atoms. The lowest BCUT2D eigenvalue weighted by Gasteiger charge is -2.16. The Bertz CT molecular complexity index is 908. The van der Waals surface area contributed by atoms with Crippen molar-refractivity contribution in [3.05, 3.63) is 48.5 Å². The third kappa shape index (κ3) is 7.90. The molecule has 0 bridgehead atoms. The minimum Gasteiger partial charge on any atom is -0.508 e. The normalized spacial score (nSPS) is 12.4. The molecular formula is C24H33NO5S. The third-order valence-electron chi connectivity index (χ3n) is 5.20. The van der Waals surface area contributed by atoms with E-state index in [1.807, 2.05) is 0 Å². The number of hydrogen-bond donors (Lipinski definition) is 2. The Balaban J connectivity index is 1.89. The van der Waals surface area contributed by atoms with E-state index in [1.54, 1.807) is 0 Å². The summed E-state index contributed by atoms with van der Waals surface area (Å²) in [5, 5.41) is 9.34. The molecule has 0 saturated carbocycles. The molecule has 0 aliphatic rings. The van der Waals surface area contributed by atoms with Gasteiger partial charge in [-0.15, -0.1) is 0 Å². The van der Waals surface area contributed by atoms with Crippen LogP contribution >= 0.6 is 0 Å². The molecule has 0 spiro atoms. The second-order valence-electron chi connectivity index (χ2n) is 7.74. The first-order chi connectivity index (χ1) is 14.8. The van der Waals surface area contributed by atoms with E-state index in [9.17, 15) is 18.3 Å². The Morgan fingerprint density at radius 1 is 0.871 bits per heavy atom. The molecule has 0 radical (unpaired) electrons. The minimum absolute atomic E-state index is 0.00307. The van der Waals surface area contributed by atoms with Crippen LogP contribution in [0.4, 0.5) is 0 Å². The molecule has 2 aromatic rings. The summed E-state index contributed by atoms with van der Waals surface area (Å²) in [6.07, 6.45) is 9.09. The highest BCUT2D eigenvalue weighted by Gasteiger charge is 2.20. The van der Waals surface area contributed by atoms with E-state index in [2.05, 4.69) is 6.92 Å². The number of phenols is 1. The maximum Gasteiger partial charge on any atom is 0.258 e. The van der Waals surface area contributed by atoms with Crippen LogP contribution < -0.4 is 10.5 Å². The Morgan fingerprint density at radius 3 is 1.87 bits per heavy atom. The highest BCUT2D eigenvalue weighted by Crippen LogP contribution is 2.25. The van der Waals surface area contributed by atoms with Crippen molar-refractivity contribution in [1.82, 2.24) is 0 Å². The number of rotatable bonds is 14. The van der Waals surface area contributed by atoms with Crippen LogP contribution in [0.1, 0.15) is 64.7 Å². The van der Waals surface area contributed by atoms with Gasteiger partial charge in [0.25, 0.3) is 5.91 Å². The number of primary amides is 1. The fourth-order valence-electron chi connectivity index (χ4n) is 3.35. The quantitative estimate of drug-likeness (QED) is 0.397. The smallest absolute Gasteiger partial charge is 0.258 e. The zero-order valence-electron chi connectivity index (χ0n) is 18.1. The predicted molar refractivity (Wildman–Crippen MR) is 121 cm³/mol. The first-order valence-corrected chi connectivity index (χ1v) is 12.4. The standard InChI is InChI=1S/C24H33NO5S/c1-2-3-4-5-6-7-8-9-10-23(24(25)27)30-20-13-17-22(18-14-20)31(28,29)21-15-11-19(26)12-16-21/h11-18,23,26H,2-10H2,1H3,(H2,25,27). The van der Waals surface area contributed by atoms with Crippen LogP contribution in [0.15, 0.2) is 58.3 Å². The first kappa shape index (κ1) is 24.7. The molecule has 3 N–H and O–H groups in total. The molecule has 0 saturated heterocycles. The molecule has 0 heterocycles. The zero-order valence-corrected chi connectivity index (χ0v) is 18.9. The fraction of sp³-hybridized carbons (Fsp3) is 0.458. The van der Waals surface area contributed by atoms with Gasteiger partial charge in [-0.05, 0) is 61.4 Å². The second kappa shape index (κ2) is 12.3. The van der Waals surface area contributed by atoms with E-state index in [0.29, 0.717) is 12.2 Å². The summed E-state index contributed by atoms with van der Waals surface area (Å²) in [5.41, 5.74) is 5.49. The Kier molecular flexibility index (Phi) is 9.85. The van der Waals surface area contributed by atoms with Gasteiger partial charge in [-0.25, -0.2) is 8.42 Å². The number of ether oxygens (including phenoxy) is 1. The van der Waals surface area contributed by atoms with Gasteiger partial charge in [0.2, 0.25) is 9.84 Å². The Labute approximate surface area is 185 Å². The maximum atomic E-state index is 12.7. The number of nitrogens with two attached hydrogens (primary N) is 1. The van der Waals surface area contributed by atoms with E-state index < -0.39 is 21.8 Å². The summed E-state index contributed by atoms with van der Waals surface area (Å²) in [5.74, 6) is -0.131. The number of unbranched alkanes of at least 4 members (excludes halogenated alkanes) is 7. The average Bonchev–Trinajstić information content (AvgIpc) is 2.75. The van der Waals surface area contributed by atoms with Crippen molar-refractivity contribution >= 4 is 15.7 Å². The number of phenolic OH excluding ortho intramolecular Hbond substituents is 1. The minimum atomic E-state index is -3.70. The molecule has 2 aromatic carbocycles. The van der Waals surface area contributed by atoms with Crippen molar-refractivity contribution in [1.29, 1.82) is 0 Å². The highest BCUT2D eigenvalue weighted by atomic mass is 32.2. The third-order valence-corrected chi connectivity index (χ3v) is 6.98. The SMILES string of the molecule is CCCCCCCCCCC(Oc1ccc(S(=O)(=O)c2ccc(O)cc2)cc1)C(N)=O. The molecule has 2 rings (SSSR count). The molecule has 6 nitrogen and oxygen atoms in total. The molecule has 170 valence electrons. The van der Waals surface area contributed by atoms with Gasteiger partial charge in [0.15, 0.2) is 6.10 Å². The number of carbonyl (C=O) groups excluding carboxylic acids is 1. The van der Waals surface area contributed by atoms with Gasteiger partial charge in [-0.1, -0.05) is 51.9 Å². The zero-order chi connectivity index (χ0) is 22.7. The van der Waals surface area contributed by atoms with Crippen molar-refractivity contribution in [2.45, 2.75) is 80.6 Å². The van der Waals surface area contributed by atoms with Crippen LogP contribution in [0.2, 0.25) is 0 Å². The Hall–Kier alpha value is -2.54. The predicted octanol–water partition coefficient (Wildman–Crippen LogP) is 4.99. The number of hydrogen-bond acceptors (Lipinski definition) is 5. The van der Waals surface area contributed by atoms with Crippen molar-refractivity contribution in [2.75, 3.05) is 0 Å². The molecule has 7 heteroatoms. The number of sulfone groups is 1. The van der Waals surface area contributed by atoms with Crippen molar-refractivity contribution < 1.29 is 23.1 Å². The molecule has 1 amide bonds. The van der Waals surface area contributed by atoms with E-state index >= 15 is 0 Å². The van der Waals surface area contributed by atoms with Crippen molar-refractivity contribution in [3.8, 4) is 11.5 Å². The summed E-state index contributed by atoms with van der Waals surface area (Å²) in [6, 6.07) is 11.3. The van der Waals surface area contributed by atoms with Gasteiger partial charge in [-0.2, -0.15) is 0 Å². The molecule has 1 atom stereocenters. The van der Waals surface area contributed by atoms with Crippen LogP contribution in [0.3, 0.4) is 0 Å². The molecule has 0 aliphatic heterocycles. The van der Waals surface area contributed by atoms with Gasteiger partial charge in [0.1, 0.15) is 11.5 Å². The number of benzene rings is 2. The largest absolute Gasteiger partial charge is 0.508 e. The molecule has 1 unspecified atom stereocenters. The second-order valence-corrected chi connectivity index (χ2v) is 9.69. The number of carbonyl (C=O) groups is 1. The first-order valence-electron chi connectivity index (χ1n) is 10.9. The van der Waals surface area contributed by atoms with Crippen LogP contribution in [0.5, 0.6) is 11.5 Å². The van der Waals surface area contributed by atoms with Gasteiger partial charge >= 0.3 is 0 Å². The number of aromatic hydroxyl groups is 1. The summed E-state index contributed by atoms with van der Waals surface area (Å²) < 4.78 is 31.1. The van der Waals surface area contributed by atoms with Crippen LogP contribution in [-0.4, -0.2) is 25.5 Å². The summed E-state index contributed by atoms with van der Waals surface area (Å²) in [4.78, 5) is 11.9. The lowest BCUT2D eigenvalue weighted by molar-refractivity contribution is -0.125. The van der Waals surface area contributed by atoms with E-state index in [1.165, 1.54) is 80.6 Å². The van der Waals surface area contributed by atoms with Gasteiger partial charge in [-0.3, -0.25) is 4.79 Å². The molecular weight excluding hydrogens is 414 g/mol. The summed E-state index contributed by atoms with van der Waals surface area (Å²) in [7, 11) is -3.70. The Morgan fingerprint density at radius 2 is 1.35 bits per heavy atom. The molecule has 0 fully saturated rings. The van der Waals surface area contributed by atoms with Crippen molar-refractivity contribution in [3.63, 3.8) is 0 Å². The van der Waals surface area contributed by atoms with Crippen LogP contribution in [-0.2, 0) is 14.6 Å².